The summed E-state index contributed by atoms with van der Waals surface area (Å²) in [4.78, 5) is 16.4. The van der Waals surface area contributed by atoms with E-state index in [9.17, 15) is 9.18 Å². The summed E-state index contributed by atoms with van der Waals surface area (Å²) in [5, 5.41) is 9.63. The van der Waals surface area contributed by atoms with E-state index in [-0.39, 0.29) is 11.6 Å². The zero-order valence-corrected chi connectivity index (χ0v) is 17.8. The lowest BCUT2D eigenvalue weighted by molar-refractivity contribution is 0.0982. The number of thioether (sulfide) groups is 1. The largest absolute Gasteiger partial charge is 0.294 e. The molecule has 5 nitrogen and oxygen atoms in total. The van der Waals surface area contributed by atoms with Crippen molar-refractivity contribution in [3.8, 4) is 17.1 Å². The number of pyridine rings is 1. The minimum absolute atomic E-state index is 0.0124. The summed E-state index contributed by atoms with van der Waals surface area (Å²) in [6.45, 7) is 2.06. The van der Waals surface area contributed by atoms with Crippen molar-refractivity contribution in [3.63, 3.8) is 0 Å². The highest BCUT2D eigenvalue weighted by Crippen LogP contribution is 2.29. The molecule has 2 aromatic heterocycles. The van der Waals surface area contributed by atoms with Crippen LogP contribution in [0.1, 0.15) is 28.8 Å². The Morgan fingerprint density at radius 2 is 1.74 bits per heavy atom. The van der Waals surface area contributed by atoms with E-state index in [1.807, 2.05) is 30.3 Å². The minimum atomic E-state index is -0.340. The first-order chi connectivity index (χ1) is 15.1. The zero-order chi connectivity index (χ0) is 21.6. The Kier molecular flexibility index (Phi) is 6.52. The number of aromatic nitrogens is 4. The average molecular weight is 433 g/mol. The normalized spacial score (nSPS) is 10.9. The maximum Gasteiger partial charge on any atom is 0.196 e. The molecule has 2 aromatic carbocycles. The number of para-hydroxylation sites is 1. The molecule has 0 saturated carbocycles. The van der Waals surface area contributed by atoms with E-state index in [0.29, 0.717) is 24.2 Å². The van der Waals surface area contributed by atoms with Crippen LogP contribution in [0.25, 0.3) is 17.1 Å². The number of Topliss-reactive ketones (excluding diaryl/α,β-unsaturated/α-hetero) is 1. The van der Waals surface area contributed by atoms with E-state index in [4.69, 9.17) is 0 Å². The second-order valence-electron chi connectivity index (χ2n) is 7.05. The van der Waals surface area contributed by atoms with Gasteiger partial charge in [0.15, 0.2) is 16.8 Å². The molecule has 0 N–H and O–H groups in total. The molecule has 31 heavy (non-hydrogen) atoms. The second-order valence-corrected chi connectivity index (χ2v) is 8.11. The number of ketones is 1. The molecule has 0 fully saturated rings. The molecule has 0 atom stereocenters. The number of halogens is 1. The summed E-state index contributed by atoms with van der Waals surface area (Å²) < 4.78 is 15.1. The Balaban J connectivity index is 1.51. The highest BCUT2D eigenvalue weighted by molar-refractivity contribution is 7.99. The van der Waals surface area contributed by atoms with Crippen LogP contribution in [-0.2, 0) is 0 Å². The van der Waals surface area contributed by atoms with Crippen molar-refractivity contribution >= 4 is 17.5 Å². The number of rotatable bonds is 8. The zero-order valence-electron chi connectivity index (χ0n) is 17.0. The summed E-state index contributed by atoms with van der Waals surface area (Å²) in [6.07, 6.45) is 4.56. The van der Waals surface area contributed by atoms with Crippen molar-refractivity contribution in [2.24, 2.45) is 0 Å². The van der Waals surface area contributed by atoms with Gasteiger partial charge in [-0.25, -0.2) is 4.39 Å². The molecule has 0 unspecified atom stereocenters. The van der Waals surface area contributed by atoms with Crippen molar-refractivity contribution in [1.82, 2.24) is 19.7 Å². The summed E-state index contributed by atoms with van der Waals surface area (Å²) in [7, 11) is 0. The van der Waals surface area contributed by atoms with Gasteiger partial charge in [0.05, 0.1) is 5.69 Å². The highest BCUT2D eigenvalue weighted by atomic mass is 32.2. The molecular formula is C24H21FN4OS. The van der Waals surface area contributed by atoms with E-state index in [2.05, 4.69) is 32.7 Å². The van der Waals surface area contributed by atoms with E-state index in [0.717, 1.165) is 27.8 Å². The van der Waals surface area contributed by atoms with Crippen LogP contribution < -0.4 is 0 Å². The maximum atomic E-state index is 13.0. The molecule has 156 valence electrons. The molecule has 4 aromatic rings. The van der Waals surface area contributed by atoms with Crippen LogP contribution in [0.15, 0.2) is 78.2 Å². The number of carbonyl (C=O) groups excluding carboxylic acids is 1. The van der Waals surface area contributed by atoms with Crippen LogP contribution in [0, 0.1) is 12.7 Å². The van der Waals surface area contributed by atoms with Crippen molar-refractivity contribution in [1.29, 1.82) is 0 Å². The molecule has 0 aliphatic rings. The molecule has 7 heteroatoms. The molecule has 2 heterocycles. The van der Waals surface area contributed by atoms with Crippen LogP contribution in [-0.4, -0.2) is 31.3 Å². The second kappa shape index (κ2) is 9.66. The summed E-state index contributed by atoms with van der Waals surface area (Å²) in [5.74, 6) is 1.14. The first-order valence-electron chi connectivity index (χ1n) is 9.97. The molecule has 0 aliphatic carbocycles. The van der Waals surface area contributed by atoms with Gasteiger partial charge in [0.1, 0.15) is 5.82 Å². The highest BCUT2D eigenvalue weighted by Gasteiger charge is 2.17. The van der Waals surface area contributed by atoms with Crippen molar-refractivity contribution in [2.75, 3.05) is 5.75 Å². The molecule has 0 amide bonds. The Bertz CT molecular complexity index is 1180. The molecule has 0 bridgehead atoms. The standard InChI is InChI=1S/C24H21FN4OS/c1-17-5-2-3-6-21(17)29-23(19-12-14-26-15-13-19)27-28-24(29)31-16-4-7-22(30)18-8-10-20(25)11-9-18/h2-3,5-6,8-15H,4,7,16H2,1H3. The SMILES string of the molecule is Cc1ccccc1-n1c(SCCCC(=O)c2ccc(F)cc2)nnc1-c1ccncc1. The summed E-state index contributed by atoms with van der Waals surface area (Å²) >= 11 is 1.57. The van der Waals surface area contributed by atoms with Crippen LogP contribution >= 0.6 is 11.8 Å². The number of benzene rings is 2. The van der Waals surface area contributed by atoms with Gasteiger partial charge in [-0.2, -0.15) is 0 Å². The van der Waals surface area contributed by atoms with E-state index >= 15 is 0 Å². The lowest BCUT2D eigenvalue weighted by atomic mass is 10.1. The van der Waals surface area contributed by atoms with Gasteiger partial charge in [-0.3, -0.25) is 14.3 Å². The fourth-order valence-electron chi connectivity index (χ4n) is 3.26. The Hall–Kier alpha value is -3.32. The van der Waals surface area contributed by atoms with Crippen LogP contribution in [0.5, 0.6) is 0 Å². The summed E-state index contributed by atoms with van der Waals surface area (Å²) in [6, 6.07) is 17.6. The van der Waals surface area contributed by atoms with Gasteiger partial charge in [0.2, 0.25) is 0 Å². The van der Waals surface area contributed by atoms with Crippen LogP contribution in [0.4, 0.5) is 4.39 Å². The van der Waals surface area contributed by atoms with Crippen LogP contribution in [0.2, 0.25) is 0 Å². The van der Waals surface area contributed by atoms with E-state index < -0.39 is 0 Å². The molecule has 0 aliphatic heterocycles. The third-order valence-electron chi connectivity index (χ3n) is 4.87. The molecule has 0 saturated heterocycles. The van der Waals surface area contributed by atoms with Crippen molar-refractivity contribution in [3.05, 3.63) is 90.0 Å². The van der Waals surface area contributed by atoms with Gasteiger partial charge in [-0.15, -0.1) is 10.2 Å². The summed E-state index contributed by atoms with van der Waals surface area (Å²) in [5.41, 5.74) is 3.61. The fourth-order valence-corrected chi connectivity index (χ4v) is 4.14. The van der Waals surface area contributed by atoms with Gasteiger partial charge >= 0.3 is 0 Å². The Labute approximate surface area is 184 Å². The Morgan fingerprint density at radius 3 is 2.48 bits per heavy atom. The number of hydrogen-bond acceptors (Lipinski definition) is 5. The molecule has 4 rings (SSSR count). The number of nitrogens with zero attached hydrogens (tertiary/aromatic N) is 4. The predicted molar refractivity (Wildman–Crippen MR) is 120 cm³/mol. The Morgan fingerprint density at radius 1 is 1.00 bits per heavy atom. The van der Waals surface area contributed by atoms with Crippen molar-refractivity contribution < 1.29 is 9.18 Å². The van der Waals surface area contributed by atoms with Gasteiger partial charge in [-0.1, -0.05) is 30.0 Å². The first kappa shape index (κ1) is 20.9. The topological polar surface area (TPSA) is 60.7 Å². The van der Waals surface area contributed by atoms with Gasteiger partial charge in [0.25, 0.3) is 0 Å². The van der Waals surface area contributed by atoms with E-state index in [1.165, 1.54) is 24.3 Å². The van der Waals surface area contributed by atoms with E-state index in [1.54, 1.807) is 24.2 Å². The average Bonchev–Trinajstić information content (AvgIpc) is 3.21. The first-order valence-corrected chi connectivity index (χ1v) is 11.0. The molecule has 0 radical (unpaired) electrons. The number of carbonyl (C=O) groups is 1. The third kappa shape index (κ3) is 4.88. The smallest absolute Gasteiger partial charge is 0.196 e. The monoisotopic (exact) mass is 432 g/mol. The van der Waals surface area contributed by atoms with Crippen LogP contribution in [0.3, 0.4) is 0 Å². The minimum Gasteiger partial charge on any atom is -0.294 e. The molecular weight excluding hydrogens is 411 g/mol. The van der Waals surface area contributed by atoms with Crippen molar-refractivity contribution in [2.45, 2.75) is 24.9 Å². The van der Waals surface area contributed by atoms with Gasteiger partial charge in [-0.05, 0) is 61.4 Å². The third-order valence-corrected chi connectivity index (χ3v) is 5.89. The maximum absolute atomic E-state index is 13.0. The lowest BCUT2D eigenvalue weighted by Crippen LogP contribution is -2.03. The fraction of sp³-hybridized carbons (Fsp3) is 0.167. The van der Waals surface area contributed by atoms with Gasteiger partial charge in [0, 0.05) is 35.7 Å². The number of hydrogen-bond donors (Lipinski definition) is 0. The predicted octanol–water partition coefficient (Wildman–Crippen LogP) is 5.53. The lowest BCUT2D eigenvalue weighted by Gasteiger charge is -2.12. The van der Waals surface area contributed by atoms with Gasteiger partial charge < -0.3 is 0 Å². The molecule has 0 spiro atoms. The quantitative estimate of drug-likeness (QED) is 0.208. The number of aryl methyl sites for hydroxylation is 1.